The fourth-order valence-corrected chi connectivity index (χ4v) is 4.18. The summed E-state index contributed by atoms with van der Waals surface area (Å²) >= 11 is 0. The molecule has 7 heteroatoms. The minimum Gasteiger partial charge on any atom is -0.339 e. The second-order valence-electron chi connectivity index (χ2n) is 7.06. The fraction of sp³-hybridized carbons (Fsp3) is 0.778. The van der Waals surface area contributed by atoms with Crippen LogP contribution < -0.4 is 5.32 Å². The zero-order chi connectivity index (χ0) is 16.9. The summed E-state index contributed by atoms with van der Waals surface area (Å²) in [5.41, 5.74) is 0. The highest BCUT2D eigenvalue weighted by Crippen LogP contribution is 2.24. The molecule has 0 bridgehead atoms. The second kappa shape index (κ2) is 9.55. The molecular formula is C18H32ClN5O. The maximum Gasteiger partial charge on any atom is 0.237 e. The summed E-state index contributed by atoms with van der Waals surface area (Å²) in [6.07, 6.45) is 10.00. The summed E-state index contributed by atoms with van der Waals surface area (Å²) in [6, 6.07) is 0.624. The van der Waals surface area contributed by atoms with Crippen LogP contribution in [0.15, 0.2) is 12.4 Å². The molecule has 2 heterocycles. The van der Waals surface area contributed by atoms with Crippen molar-refractivity contribution in [2.24, 2.45) is 7.05 Å². The Morgan fingerprint density at radius 3 is 2.76 bits per heavy atom. The van der Waals surface area contributed by atoms with Crippen molar-refractivity contribution < 1.29 is 4.79 Å². The number of imidazole rings is 1. The highest BCUT2D eigenvalue weighted by Gasteiger charge is 2.31. The Kier molecular flexibility index (Phi) is 7.72. The average molecular weight is 370 g/mol. The number of aryl methyl sites for hydroxylation is 1. The van der Waals surface area contributed by atoms with Gasteiger partial charge in [0.1, 0.15) is 5.82 Å². The zero-order valence-electron chi connectivity index (χ0n) is 15.5. The molecule has 0 aromatic carbocycles. The van der Waals surface area contributed by atoms with Crippen LogP contribution in [-0.4, -0.2) is 64.0 Å². The number of carbonyl (C=O) groups excluding carboxylic acids is 1. The van der Waals surface area contributed by atoms with Crippen molar-refractivity contribution in [2.45, 2.75) is 51.1 Å². The van der Waals surface area contributed by atoms with Gasteiger partial charge in [-0.1, -0.05) is 19.3 Å². The lowest BCUT2D eigenvalue weighted by Gasteiger charge is -2.39. The van der Waals surface area contributed by atoms with E-state index in [4.69, 9.17) is 0 Å². The predicted octanol–water partition coefficient (Wildman–Crippen LogP) is 1.97. The van der Waals surface area contributed by atoms with Crippen LogP contribution in [0.2, 0.25) is 0 Å². The lowest BCUT2D eigenvalue weighted by Crippen LogP contribution is -2.52. The molecule has 0 spiro atoms. The van der Waals surface area contributed by atoms with Crippen LogP contribution >= 0.6 is 12.4 Å². The van der Waals surface area contributed by atoms with Crippen LogP contribution in [-0.2, 0) is 11.8 Å². The summed E-state index contributed by atoms with van der Waals surface area (Å²) in [5, 5.41) is 3.44. The molecule has 1 aliphatic carbocycles. The largest absolute Gasteiger partial charge is 0.339 e. The first-order valence-electron chi connectivity index (χ1n) is 9.42. The molecule has 3 rings (SSSR count). The van der Waals surface area contributed by atoms with Crippen molar-refractivity contribution in [3.63, 3.8) is 0 Å². The van der Waals surface area contributed by atoms with Crippen LogP contribution in [0.3, 0.4) is 0 Å². The summed E-state index contributed by atoms with van der Waals surface area (Å²) in [4.78, 5) is 21.9. The molecular weight excluding hydrogens is 338 g/mol. The lowest BCUT2D eigenvalue weighted by atomic mass is 9.94. The van der Waals surface area contributed by atoms with E-state index in [2.05, 4.69) is 31.6 Å². The normalized spacial score (nSPS) is 22.4. The first kappa shape index (κ1) is 20.2. The van der Waals surface area contributed by atoms with E-state index in [1.807, 2.05) is 19.4 Å². The van der Waals surface area contributed by atoms with Gasteiger partial charge in [-0.2, -0.15) is 0 Å². The minimum absolute atomic E-state index is 0. The van der Waals surface area contributed by atoms with Crippen molar-refractivity contribution >= 4 is 18.3 Å². The van der Waals surface area contributed by atoms with E-state index in [1.165, 1.54) is 32.1 Å². The molecule has 1 atom stereocenters. The van der Waals surface area contributed by atoms with Crippen LogP contribution in [0.1, 0.15) is 50.9 Å². The third kappa shape index (κ3) is 4.74. The van der Waals surface area contributed by atoms with Gasteiger partial charge in [-0.25, -0.2) is 4.98 Å². The summed E-state index contributed by atoms with van der Waals surface area (Å²) < 4.78 is 2.06. The molecule has 1 aromatic heterocycles. The standard InChI is InChI=1S/C18H31N5O.ClH/c1-3-23(15-7-5-4-6-8-15)17(24)14-22-12-9-19-13-16(22)18-20-10-11-21(18)2;/h10-11,15-16,19H,3-9,12-14H2,1-2H3;1H. The van der Waals surface area contributed by atoms with E-state index in [9.17, 15) is 4.79 Å². The number of halogens is 1. The van der Waals surface area contributed by atoms with Gasteiger partial charge in [0.2, 0.25) is 5.91 Å². The molecule has 142 valence electrons. The number of aromatic nitrogens is 2. The van der Waals surface area contributed by atoms with Gasteiger partial charge in [0.05, 0.1) is 12.6 Å². The Balaban J connectivity index is 0.00000225. The molecule has 1 amide bonds. The van der Waals surface area contributed by atoms with E-state index >= 15 is 0 Å². The second-order valence-corrected chi connectivity index (χ2v) is 7.06. The van der Waals surface area contributed by atoms with Crippen molar-refractivity contribution in [1.82, 2.24) is 24.7 Å². The fourth-order valence-electron chi connectivity index (χ4n) is 4.18. The molecule has 1 aliphatic heterocycles. The van der Waals surface area contributed by atoms with Crippen molar-refractivity contribution in [3.8, 4) is 0 Å². The third-order valence-electron chi connectivity index (χ3n) is 5.53. The zero-order valence-corrected chi connectivity index (χ0v) is 16.3. The molecule has 2 aliphatic rings. The van der Waals surface area contributed by atoms with Crippen LogP contribution in [0.5, 0.6) is 0 Å². The Bertz CT molecular complexity index is 543. The van der Waals surface area contributed by atoms with E-state index < -0.39 is 0 Å². The van der Waals surface area contributed by atoms with Gasteiger partial charge < -0.3 is 14.8 Å². The van der Waals surface area contributed by atoms with Gasteiger partial charge in [-0.05, 0) is 19.8 Å². The highest BCUT2D eigenvalue weighted by molar-refractivity contribution is 5.85. The van der Waals surface area contributed by atoms with Gasteiger partial charge >= 0.3 is 0 Å². The Hall–Kier alpha value is -1.11. The van der Waals surface area contributed by atoms with Crippen LogP contribution in [0, 0.1) is 0 Å². The van der Waals surface area contributed by atoms with Crippen molar-refractivity contribution in [1.29, 1.82) is 0 Å². The third-order valence-corrected chi connectivity index (χ3v) is 5.53. The number of likely N-dealkylation sites (N-methyl/N-ethyl adjacent to an activating group) is 1. The monoisotopic (exact) mass is 369 g/mol. The van der Waals surface area contributed by atoms with E-state index in [0.29, 0.717) is 12.6 Å². The van der Waals surface area contributed by atoms with Crippen LogP contribution in [0.4, 0.5) is 0 Å². The van der Waals surface area contributed by atoms with E-state index in [1.54, 1.807) is 0 Å². The summed E-state index contributed by atoms with van der Waals surface area (Å²) in [6.45, 7) is 6.12. The number of piperazine rings is 1. The highest BCUT2D eigenvalue weighted by atomic mass is 35.5. The average Bonchev–Trinajstić information content (AvgIpc) is 3.03. The summed E-state index contributed by atoms with van der Waals surface area (Å²) in [5.74, 6) is 1.32. The van der Waals surface area contributed by atoms with Gasteiger partial charge in [-0.3, -0.25) is 9.69 Å². The van der Waals surface area contributed by atoms with Gasteiger partial charge in [-0.15, -0.1) is 12.4 Å². The molecule has 1 N–H and O–H groups in total. The van der Waals surface area contributed by atoms with Crippen molar-refractivity contribution in [2.75, 3.05) is 32.7 Å². The maximum absolute atomic E-state index is 13.0. The number of hydrogen-bond donors (Lipinski definition) is 1. The quantitative estimate of drug-likeness (QED) is 0.862. The molecule has 2 fully saturated rings. The molecule has 1 unspecified atom stereocenters. The molecule has 25 heavy (non-hydrogen) atoms. The number of amides is 1. The molecule has 1 saturated carbocycles. The van der Waals surface area contributed by atoms with Crippen molar-refractivity contribution in [3.05, 3.63) is 18.2 Å². The van der Waals surface area contributed by atoms with Gasteiger partial charge in [0.15, 0.2) is 0 Å². The lowest BCUT2D eigenvalue weighted by molar-refractivity contribution is -0.136. The Morgan fingerprint density at radius 2 is 2.12 bits per heavy atom. The molecule has 6 nitrogen and oxygen atoms in total. The number of hydrogen-bond acceptors (Lipinski definition) is 4. The van der Waals surface area contributed by atoms with E-state index in [0.717, 1.165) is 32.0 Å². The predicted molar refractivity (Wildman–Crippen MR) is 102 cm³/mol. The van der Waals surface area contributed by atoms with Gasteiger partial charge in [0, 0.05) is 51.7 Å². The molecule has 0 radical (unpaired) electrons. The Morgan fingerprint density at radius 1 is 1.36 bits per heavy atom. The minimum atomic E-state index is 0. The molecule has 1 aromatic rings. The van der Waals surface area contributed by atoms with Crippen LogP contribution in [0.25, 0.3) is 0 Å². The Labute approximate surface area is 157 Å². The smallest absolute Gasteiger partial charge is 0.237 e. The topological polar surface area (TPSA) is 53.4 Å². The first-order chi connectivity index (χ1) is 11.7. The molecule has 1 saturated heterocycles. The number of nitrogens with one attached hydrogen (secondary N) is 1. The number of nitrogens with zero attached hydrogens (tertiary/aromatic N) is 4. The number of rotatable bonds is 5. The van der Waals surface area contributed by atoms with E-state index in [-0.39, 0.29) is 24.4 Å². The summed E-state index contributed by atoms with van der Waals surface area (Å²) in [7, 11) is 2.03. The van der Waals surface area contributed by atoms with Gasteiger partial charge in [0.25, 0.3) is 0 Å². The SMILES string of the molecule is CCN(C(=O)CN1CCNCC1c1nccn1C)C1CCCCC1.Cl. The first-order valence-corrected chi connectivity index (χ1v) is 9.42. The maximum atomic E-state index is 13.0. The number of carbonyl (C=O) groups is 1.